The third-order valence-corrected chi connectivity index (χ3v) is 5.45. The molecule has 1 aromatic heterocycles. The van der Waals surface area contributed by atoms with Crippen LogP contribution in [0.1, 0.15) is 32.8 Å². The first kappa shape index (κ1) is 21.8. The number of nitrogens with two attached hydrogens (primary N) is 1. The molecule has 0 aliphatic carbocycles. The Balaban J connectivity index is 2.40. The summed E-state index contributed by atoms with van der Waals surface area (Å²) >= 11 is 1.53. The smallest absolute Gasteiger partial charge is 0.330 e. The number of nitrogens with zero attached hydrogens (tertiary/aromatic N) is 2. The molecule has 0 atom stereocenters. The van der Waals surface area contributed by atoms with Crippen LogP contribution in [-0.2, 0) is 11.3 Å². The van der Waals surface area contributed by atoms with E-state index in [4.69, 9.17) is 5.73 Å². The van der Waals surface area contributed by atoms with E-state index in [9.17, 15) is 14.4 Å². The van der Waals surface area contributed by atoms with E-state index in [1.54, 1.807) is 0 Å². The quantitative estimate of drug-likeness (QED) is 0.668. The van der Waals surface area contributed by atoms with Crippen molar-refractivity contribution < 1.29 is 4.79 Å². The Hall–Kier alpha value is -2.48. The van der Waals surface area contributed by atoms with Crippen LogP contribution in [0.25, 0.3) is 0 Å². The van der Waals surface area contributed by atoms with Gasteiger partial charge in [0.1, 0.15) is 5.82 Å². The highest BCUT2D eigenvalue weighted by molar-refractivity contribution is 7.99. The summed E-state index contributed by atoms with van der Waals surface area (Å²) in [6.07, 6.45) is 0.664. The van der Waals surface area contributed by atoms with Crippen LogP contribution in [0.4, 0.5) is 11.5 Å². The lowest BCUT2D eigenvalue weighted by Crippen LogP contribution is -2.42. The zero-order valence-electron chi connectivity index (χ0n) is 16.6. The molecule has 1 heterocycles. The molecule has 0 aliphatic heterocycles. The van der Waals surface area contributed by atoms with Gasteiger partial charge < -0.3 is 10.6 Å². The molecule has 0 aliphatic rings. The maximum Gasteiger partial charge on any atom is 0.330 e. The van der Waals surface area contributed by atoms with E-state index >= 15 is 0 Å². The van der Waals surface area contributed by atoms with Gasteiger partial charge in [0.25, 0.3) is 5.56 Å². The van der Waals surface area contributed by atoms with Crippen molar-refractivity contribution in [1.29, 1.82) is 0 Å². The van der Waals surface area contributed by atoms with Crippen LogP contribution in [0.3, 0.4) is 0 Å². The van der Waals surface area contributed by atoms with E-state index in [1.165, 1.54) is 21.2 Å². The van der Waals surface area contributed by atoms with Gasteiger partial charge in [0.2, 0.25) is 5.91 Å². The molecule has 1 aromatic carbocycles. The van der Waals surface area contributed by atoms with Gasteiger partial charge in [-0.2, -0.15) is 11.8 Å². The second kappa shape index (κ2) is 10.2. The van der Waals surface area contributed by atoms with Crippen LogP contribution in [-0.4, -0.2) is 33.5 Å². The summed E-state index contributed by atoms with van der Waals surface area (Å²) < 4.78 is 1.29. The number of rotatable bonds is 9. The Labute approximate surface area is 168 Å². The molecule has 28 heavy (non-hydrogen) atoms. The molecule has 8 heteroatoms. The number of carbonyl (C=O) groups is 1. The number of H-pyrrole nitrogens is 1. The Morgan fingerprint density at radius 1 is 1.25 bits per heavy atom. The van der Waals surface area contributed by atoms with Crippen LogP contribution in [0.15, 0.2) is 39.9 Å². The number of amides is 1. The number of benzene rings is 1. The minimum absolute atomic E-state index is 0.00765. The highest BCUT2D eigenvalue weighted by Gasteiger charge is 2.23. The lowest BCUT2D eigenvalue weighted by molar-refractivity contribution is -0.116. The molecule has 0 unspecified atom stereocenters. The first-order valence-corrected chi connectivity index (χ1v) is 10.5. The van der Waals surface area contributed by atoms with Gasteiger partial charge in [-0.3, -0.25) is 19.1 Å². The van der Waals surface area contributed by atoms with Crippen LogP contribution < -0.4 is 21.9 Å². The number of aromatic nitrogens is 2. The largest absolute Gasteiger partial charge is 0.383 e. The monoisotopic (exact) mass is 404 g/mol. The number of hydrogen-bond acceptors (Lipinski definition) is 5. The fourth-order valence-electron chi connectivity index (χ4n) is 2.81. The summed E-state index contributed by atoms with van der Waals surface area (Å²) in [5.41, 5.74) is 5.91. The summed E-state index contributed by atoms with van der Waals surface area (Å²) in [7, 11) is 0. The summed E-state index contributed by atoms with van der Waals surface area (Å²) in [4.78, 5) is 41.3. The highest BCUT2D eigenvalue weighted by atomic mass is 32.2. The summed E-state index contributed by atoms with van der Waals surface area (Å²) in [5, 5.41) is 0. The first-order chi connectivity index (χ1) is 13.3. The minimum atomic E-state index is -0.637. The van der Waals surface area contributed by atoms with Gasteiger partial charge in [-0.1, -0.05) is 51.1 Å². The van der Waals surface area contributed by atoms with E-state index in [0.717, 1.165) is 11.3 Å². The van der Waals surface area contributed by atoms with E-state index in [2.05, 4.69) is 18.8 Å². The number of nitrogens with one attached hydrogen (secondary N) is 1. The maximum absolute atomic E-state index is 12.8. The maximum atomic E-state index is 12.8. The lowest BCUT2D eigenvalue weighted by atomic mass is 10.2. The van der Waals surface area contributed by atoms with Crippen molar-refractivity contribution in [2.75, 3.05) is 28.7 Å². The Morgan fingerprint density at radius 2 is 1.93 bits per heavy atom. The van der Waals surface area contributed by atoms with Gasteiger partial charge in [-0.25, -0.2) is 4.79 Å². The highest BCUT2D eigenvalue weighted by Crippen LogP contribution is 2.20. The van der Waals surface area contributed by atoms with Crippen molar-refractivity contribution in [3.8, 4) is 0 Å². The number of carbonyl (C=O) groups excluding carboxylic acids is 1. The molecular weight excluding hydrogens is 376 g/mol. The van der Waals surface area contributed by atoms with Gasteiger partial charge in [-0.15, -0.1) is 0 Å². The first-order valence-electron chi connectivity index (χ1n) is 9.39. The van der Waals surface area contributed by atoms with Gasteiger partial charge in [0.15, 0.2) is 5.69 Å². The summed E-state index contributed by atoms with van der Waals surface area (Å²) in [6, 6.07) is 9.34. The van der Waals surface area contributed by atoms with Crippen LogP contribution in [0, 0.1) is 5.92 Å². The standard InChI is InChI=1S/C20H28N4O3S/c1-4-10-23(16(25)13-28-12-14(2)3)17-18(21)24(20(27)22-19(17)26)11-15-8-6-5-7-9-15/h5-9,14H,4,10-13,21H2,1-3H3,(H,22,26,27). The lowest BCUT2D eigenvalue weighted by Gasteiger charge is -2.24. The van der Waals surface area contributed by atoms with E-state index in [1.807, 2.05) is 37.3 Å². The Morgan fingerprint density at radius 3 is 2.54 bits per heavy atom. The van der Waals surface area contributed by atoms with Crippen molar-refractivity contribution in [3.63, 3.8) is 0 Å². The zero-order chi connectivity index (χ0) is 20.7. The van der Waals surface area contributed by atoms with Crippen molar-refractivity contribution in [2.45, 2.75) is 33.7 Å². The molecule has 0 radical (unpaired) electrons. The number of aromatic amines is 1. The predicted molar refractivity (Wildman–Crippen MR) is 116 cm³/mol. The number of nitrogen functional groups attached to an aromatic ring is 1. The van der Waals surface area contributed by atoms with E-state index < -0.39 is 11.2 Å². The molecule has 2 rings (SSSR count). The molecule has 2 aromatic rings. The molecular formula is C20H28N4O3S. The van der Waals surface area contributed by atoms with Crippen LogP contribution >= 0.6 is 11.8 Å². The third kappa shape index (κ3) is 5.51. The summed E-state index contributed by atoms with van der Waals surface area (Å²) in [5.74, 6) is 1.40. The van der Waals surface area contributed by atoms with Crippen LogP contribution in [0.5, 0.6) is 0 Å². The van der Waals surface area contributed by atoms with Crippen molar-refractivity contribution in [3.05, 3.63) is 56.7 Å². The van der Waals surface area contributed by atoms with Gasteiger partial charge in [0, 0.05) is 6.54 Å². The molecule has 3 N–H and O–H groups in total. The Bertz CT molecular complexity index is 906. The molecule has 1 amide bonds. The minimum Gasteiger partial charge on any atom is -0.383 e. The number of hydrogen-bond donors (Lipinski definition) is 2. The Kier molecular flexibility index (Phi) is 7.92. The fourth-order valence-corrected chi connectivity index (χ4v) is 3.73. The average molecular weight is 405 g/mol. The van der Waals surface area contributed by atoms with Crippen LogP contribution in [0.2, 0.25) is 0 Å². The molecule has 152 valence electrons. The second-order valence-electron chi connectivity index (χ2n) is 7.02. The molecule has 0 saturated carbocycles. The molecule has 0 spiro atoms. The molecule has 0 bridgehead atoms. The van der Waals surface area contributed by atoms with Crippen molar-refractivity contribution in [2.24, 2.45) is 5.92 Å². The average Bonchev–Trinajstić information content (AvgIpc) is 2.64. The van der Waals surface area contributed by atoms with Gasteiger partial charge in [-0.05, 0) is 23.7 Å². The van der Waals surface area contributed by atoms with Crippen molar-refractivity contribution in [1.82, 2.24) is 9.55 Å². The van der Waals surface area contributed by atoms with Gasteiger partial charge in [0.05, 0.1) is 12.3 Å². The SMILES string of the molecule is CCCN(C(=O)CSCC(C)C)c1c(N)n(Cc2ccccc2)c(=O)[nH]c1=O. The summed E-state index contributed by atoms with van der Waals surface area (Å²) in [6.45, 7) is 6.67. The number of thioether (sulfide) groups is 1. The second-order valence-corrected chi connectivity index (χ2v) is 8.05. The molecule has 7 nitrogen and oxygen atoms in total. The molecule has 0 fully saturated rings. The number of anilines is 2. The zero-order valence-corrected chi connectivity index (χ0v) is 17.4. The van der Waals surface area contributed by atoms with E-state index in [-0.39, 0.29) is 29.7 Å². The van der Waals surface area contributed by atoms with E-state index in [0.29, 0.717) is 18.9 Å². The predicted octanol–water partition coefficient (Wildman–Crippen LogP) is 2.30. The fraction of sp³-hybridized carbons (Fsp3) is 0.450. The molecule has 0 saturated heterocycles. The normalized spacial score (nSPS) is 11.0. The third-order valence-electron chi connectivity index (χ3n) is 4.09. The van der Waals surface area contributed by atoms with Gasteiger partial charge >= 0.3 is 5.69 Å². The van der Waals surface area contributed by atoms with Crippen molar-refractivity contribution >= 4 is 29.2 Å². The topological polar surface area (TPSA) is 101 Å².